The minimum Gasteiger partial charge on any atom is -0.507 e. The zero-order valence-electron chi connectivity index (χ0n) is 13.2. The largest absolute Gasteiger partial charge is 0.507 e. The number of benzene rings is 1. The van der Waals surface area contributed by atoms with Gasteiger partial charge in [-0.15, -0.1) is 0 Å². The maximum Gasteiger partial charge on any atom is 0.339 e. The van der Waals surface area contributed by atoms with Gasteiger partial charge in [-0.3, -0.25) is 0 Å². The third kappa shape index (κ3) is 1.92. The third-order valence-corrected chi connectivity index (χ3v) is 5.24. The number of hydrogen-bond donors (Lipinski definition) is 2. The first-order valence-corrected chi connectivity index (χ1v) is 7.54. The van der Waals surface area contributed by atoms with Gasteiger partial charge in [-0.25, -0.2) is 4.79 Å². The topological polar surface area (TPSA) is 60.8 Å². The summed E-state index contributed by atoms with van der Waals surface area (Å²) in [7, 11) is 0. The molecule has 2 N–H and O–H groups in total. The molecule has 0 fully saturated rings. The van der Waals surface area contributed by atoms with Crippen LogP contribution in [0, 0.1) is 0 Å². The normalized spacial score (nSPS) is 21.8. The van der Waals surface area contributed by atoms with Gasteiger partial charge in [0.25, 0.3) is 0 Å². The summed E-state index contributed by atoms with van der Waals surface area (Å²) >= 11 is 0. The Balaban J connectivity index is 2.40. The summed E-state index contributed by atoms with van der Waals surface area (Å²) in [5.74, 6) is -1.10. The van der Waals surface area contributed by atoms with Gasteiger partial charge in [-0.2, -0.15) is 0 Å². The highest BCUT2D eigenvalue weighted by Gasteiger charge is 2.42. The smallest absolute Gasteiger partial charge is 0.339 e. The van der Waals surface area contributed by atoms with Crippen molar-refractivity contribution in [3.63, 3.8) is 0 Å². The number of phenols is 1. The molecule has 21 heavy (non-hydrogen) atoms. The van der Waals surface area contributed by atoms with E-state index in [0.717, 1.165) is 42.7 Å². The van der Waals surface area contributed by atoms with Gasteiger partial charge in [-0.1, -0.05) is 27.7 Å². The van der Waals surface area contributed by atoms with Crippen LogP contribution in [0.5, 0.6) is 5.75 Å². The van der Waals surface area contributed by atoms with E-state index in [4.69, 9.17) is 0 Å². The maximum absolute atomic E-state index is 11.5. The minimum absolute atomic E-state index is 0.0358. The molecular weight excluding hydrogens is 266 g/mol. The fourth-order valence-electron chi connectivity index (χ4n) is 3.73. The van der Waals surface area contributed by atoms with Crippen molar-refractivity contribution < 1.29 is 15.0 Å². The quantitative estimate of drug-likeness (QED) is 0.833. The SMILES string of the molecule is CC1(C)CCN2CCC(C)(C)c3c(O)c(C(=O)O)cc1c32. The Morgan fingerprint density at radius 2 is 1.71 bits per heavy atom. The van der Waals surface area contributed by atoms with Crippen LogP contribution in [0.3, 0.4) is 0 Å². The number of carboxylic acid groups (broad SMARTS) is 1. The predicted octanol–water partition coefficient (Wildman–Crippen LogP) is 3.26. The molecule has 0 atom stereocenters. The molecule has 2 aliphatic heterocycles. The molecule has 1 aromatic carbocycles. The molecule has 1 aromatic rings. The van der Waals surface area contributed by atoms with Gasteiger partial charge in [0.15, 0.2) is 0 Å². The van der Waals surface area contributed by atoms with Crippen LogP contribution in [0.4, 0.5) is 5.69 Å². The number of anilines is 1. The Morgan fingerprint density at radius 1 is 1.14 bits per heavy atom. The molecule has 0 saturated heterocycles. The average Bonchev–Trinajstić information content (AvgIpc) is 2.35. The van der Waals surface area contributed by atoms with E-state index in [9.17, 15) is 15.0 Å². The lowest BCUT2D eigenvalue weighted by Crippen LogP contribution is -2.45. The lowest BCUT2D eigenvalue weighted by molar-refractivity contribution is 0.0693. The monoisotopic (exact) mass is 289 g/mol. The molecule has 0 bridgehead atoms. The van der Waals surface area contributed by atoms with Crippen LogP contribution in [0.2, 0.25) is 0 Å². The number of hydrogen-bond acceptors (Lipinski definition) is 3. The van der Waals surface area contributed by atoms with E-state index in [1.54, 1.807) is 6.07 Å². The fraction of sp³-hybridized carbons (Fsp3) is 0.588. The van der Waals surface area contributed by atoms with Crippen molar-refractivity contribution in [2.24, 2.45) is 0 Å². The summed E-state index contributed by atoms with van der Waals surface area (Å²) in [5.41, 5.74) is 2.72. The van der Waals surface area contributed by atoms with Gasteiger partial charge in [0.05, 0.1) is 0 Å². The van der Waals surface area contributed by atoms with Crippen molar-refractivity contribution >= 4 is 11.7 Å². The second kappa shape index (κ2) is 4.15. The van der Waals surface area contributed by atoms with Crippen LogP contribution in [0.1, 0.15) is 62.0 Å². The predicted molar refractivity (Wildman–Crippen MR) is 82.6 cm³/mol. The summed E-state index contributed by atoms with van der Waals surface area (Å²) in [6, 6.07) is 1.68. The highest BCUT2D eigenvalue weighted by Crippen LogP contribution is 2.53. The number of nitrogens with zero attached hydrogens (tertiary/aromatic N) is 1. The lowest BCUT2D eigenvalue weighted by Gasteiger charge is -2.48. The van der Waals surface area contributed by atoms with Crippen LogP contribution in [0.15, 0.2) is 6.07 Å². The van der Waals surface area contributed by atoms with E-state index in [1.165, 1.54) is 0 Å². The van der Waals surface area contributed by atoms with Gasteiger partial charge < -0.3 is 15.1 Å². The molecule has 0 saturated carbocycles. The Morgan fingerprint density at radius 3 is 2.29 bits per heavy atom. The van der Waals surface area contributed by atoms with E-state index in [2.05, 4.69) is 32.6 Å². The zero-order valence-corrected chi connectivity index (χ0v) is 13.2. The summed E-state index contributed by atoms with van der Waals surface area (Å²) < 4.78 is 0. The summed E-state index contributed by atoms with van der Waals surface area (Å²) in [6.45, 7) is 10.4. The van der Waals surface area contributed by atoms with Crippen LogP contribution < -0.4 is 4.90 Å². The van der Waals surface area contributed by atoms with Crippen molar-refractivity contribution in [1.82, 2.24) is 0 Å². The Labute approximate surface area is 125 Å². The maximum atomic E-state index is 11.5. The van der Waals surface area contributed by atoms with Crippen LogP contribution >= 0.6 is 0 Å². The van der Waals surface area contributed by atoms with Crippen molar-refractivity contribution in [2.75, 3.05) is 18.0 Å². The highest BCUT2D eigenvalue weighted by molar-refractivity contribution is 5.94. The zero-order chi connectivity index (χ0) is 15.6. The summed E-state index contributed by atoms with van der Waals surface area (Å²) in [6.07, 6.45) is 1.93. The van der Waals surface area contributed by atoms with Crippen LogP contribution in [-0.4, -0.2) is 29.3 Å². The van der Waals surface area contributed by atoms with Gasteiger partial charge >= 0.3 is 5.97 Å². The van der Waals surface area contributed by atoms with E-state index in [-0.39, 0.29) is 22.1 Å². The summed E-state index contributed by atoms with van der Waals surface area (Å²) in [4.78, 5) is 13.8. The minimum atomic E-state index is -1.05. The van der Waals surface area contributed by atoms with E-state index < -0.39 is 5.97 Å². The first-order valence-electron chi connectivity index (χ1n) is 7.54. The second-order valence-corrected chi connectivity index (χ2v) is 7.60. The van der Waals surface area contributed by atoms with E-state index in [1.807, 2.05) is 0 Å². The van der Waals surface area contributed by atoms with Crippen molar-refractivity contribution in [3.8, 4) is 5.75 Å². The van der Waals surface area contributed by atoms with Crippen molar-refractivity contribution in [2.45, 2.75) is 51.4 Å². The first-order chi connectivity index (χ1) is 9.65. The van der Waals surface area contributed by atoms with Crippen LogP contribution in [-0.2, 0) is 10.8 Å². The molecule has 2 aliphatic rings. The molecule has 0 aromatic heterocycles. The second-order valence-electron chi connectivity index (χ2n) is 7.60. The molecule has 0 radical (unpaired) electrons. The third-order valence-electron chi connectivity index (χ3n) is 5.24. The molecular formula is C17H23NO3. The standard InChI is InChI=1S/C17H23NO3/c1-16(2)5-7-18-8-6-17(3,4)12-13(18)11(16)9-10(14(12)19)15(20)21/h9,19H,5-8H2,1-4H3,(H,20,21). The lowest BCUT2D eigenvalue weighted by atomic mass is 9.68. The van der Waals surface area contributed by atoms with E-state index in [0.29, 0.717) is 0 Å². The molecule has 4 nitrogen and oxygen atoms in total. The molecule has 114 valence electrons. The molecule has 0 aliphatic carbocycles. The van der Waals surface area contributed by atoms with E-state index >= 15 is 0 Å². The molecule has 4 heteroatoms. The van der Waals surface area contributed by atoms with Gasteiger partial charge in [0, 0.05) is 24.3 Å². The highest BCUT2D eigenvalue weighted by atomic mass is 16.4. The average molecular weight is 289 g/mol. The molecule has 0 spiro atoms. The Kier molecular flexibility index (Phi) is 2.81. The molecule has 3 rings (SSSR count). The number of rotatable bonds is 1. The Bertz CT molecular complexity index is 629. The molecule has 2 heterocycles. The first kappa shape index (κ1) is 14.2. The number of carbonyl (C=O) groups is 1. The Hall–Kier alpha value is -1.71. The number of aromatic carboxylic acids is 1. The fourth-order valence-corrected chi connectivity index (χ4v) is 3.73. The van der Waals surface area contributed by atoms with Gasteiger partial charge in [0.1, 0.15) is 11.3 Å². The van der Waals surface area contributed by atoms with Crippen molar-refractivity contribution in [3.05, 3.63) is 22.8 Å². The summed E-state index contributed by atoms with van der Waals surface area (Å²) in [5, 5.41) is 20.0. The molecule has 0 amide bonds. The van der Waals surface area contributed by atoms with Gasteiger partial charge in [0.2, 0.25) is 0 Å². The number of aromatic hydroxyl groups is 1. The molecule has 0 unspecified atom stereocenters. The van der Waals surface area contributed by atoms with Crippen LogP contribution in [0.25, 0.3) is 0 Å². The van der Waals surface area contributed by atoms with Gasteiger partial charge in [-0.05, 0) is 35.3 Å². The number of carboxylic acids is 1. The van der Waals surface area contributed by atoms with Crippen molar-refractivity contribution in [1.29, 1.82) is 0 Å².